The Kier molecular flexibility index (Phi) is 9.72. The summed E-state index contributed by atoms with van der Waals surface area (Å²) >= 11 is 0. The van der Waals surface area contributed by atoms with E-state index in [0.29, 0.717) is 49.5 Å². The zero-order chi connectivity index (χ0) is 26.3. The Morgan fingerprint density at radius 1 is 0.784 bits per heavy atom. The molecule has 0 radical (unpaired) electrons. The molecule has 37 heavy (non-hydrogen) atoms. The fourth-order valence-electron chi connectivity index (χ4n) is 5.92. The lowest BCUT2D eigenvalue weighted by Gasteiger charge is -2.32. The van der Waals surface area contributed by atoms with E-state index in [4.69, 9.17) is 4.74 Å². The van der Waals surface area contributed by atoms with Gasteiger partial charge in [-0.2, -0.15) is 8.78 Å². The predicted molar refractivity (Wildman–Crippen MR) is 141 cm³/mol. The van der Waals surface area contributed by atoms with Crippen molar-refractivity contribution in [2.24, 2.45) is 17.8 Å². The molecule has 1 nitrogen and oxygen atoms in total. The number of benzene rings is 2. The lowest BCUT2D eigenvalue weighted by molar-refractivity contribution is -0.223. The number of hydrogen-bond donors (Lipinski definition) is 0. The summed E-state index contributed by atoms with van der Waals surface area (Å²) in [5.74, 6) is -2.01. The van der Waals surface area contributed by atoms with Gasteiger partial charge in [0.1, 0.15) is 5.75 Å². The van der Waals surface area contributed by atoms with Crippen LogP contribution in [-0.2, 0) is 6.42 Å². The molecular formula is C32H40F4O. The number of ether oxygens (including phenoxy) is 1. The van der Waals surface area contributed by atoms with Crippen molar-refractivity contribution in [3.8, 4) is 5.75 Å². The van der Waals surface area contributed by atoms with E-state index in [1.807, 2.05) is 0 Å². The number of unbranched alkanes of at least 4 members (excludes halogenated alkanes) is 2. The largest absolute Gasteiger partial charge is 0.432 e. The van der Waals surface area contributed by atoms with Crippen LogP contribution in [0.5, 0.6) is 5.75 Å². The van der Waals surface area contributed by atoms with Crippen molar-refractivity contribution in [3.63, 3.8) is 0 Å². The summed E-state index contributed by atoms with van der Waals surface area (Å²) < 4.78 is 60.5. The van der Waals surface area contributed by atoms with Gasteiger partial charge in [0, 0.05) is 6.07 Å². The van der Waals surface area contributed by atoms with E-state index in [1.54, 1.807) is 0 Å². The summed E-state index contributed by atoms with van der Waals surface area (Å²) in [5, 5.41) is 0. The Balaban J connectivity index is 1.19. The quantitative estimate of drug-likeness (QED) is 0.173. The van der Waals surface area contributed by atoms with Crippen LogP contribution in [0.15, 0.2) is 54.6 Å². The van der Waals surface area contributed by atoms with Gasteiger partial charge in [-0.1, -0.05) is 56.2 Å². The Labute approximate surface area is 219 Å². The van der Waals surface area contributed by atoms with Crippen LogP contribution in [0.4, 0.5) is 17.6 Å². The molecule has 0 aromatic heterocycles. The highest BCUT2D eigenvalue weighted by Gasteiger charge is 2.43. The fraction of sp³-hybridized carbons (Fsp3) is 0.562. The van der Waals surface area contributed by atoms with E-state index in [2.05, 4.69) is 43.3 Å². The Hall–Kier alpha value is -2.30. The summed E-state index contributed by atoms with van der Waals surface area (Å²) in [6.07, 6.45) is 13.0. The van der Waals surface area contributed by atoms with Gasteiger partial charge in [-0.15, -0.1) is 0 Å². The van der Waals surface area contributed by atoms with Crippen LogP contribution < -0.4 is 4.74 Å². The minimum atomic E-state index is -3.40. The second kappa shape index (κ2) is 13.0. The molecule has 0 bridgehead atoms. The van der Waals surface area contributed by atoms with Crippen molar-refractivity contribution in [2.45, 2.75) is 96.0 Å². The van der Waals surface area contributed by atoms with Crippen molar-refractivity contribution >= 4 is 0 Å². The average Bonchev–Trinajstić information content (AvgIpc) is 2.91. The monoisotopic (exact) mass is 516 g/mol. The summed E-state index contributed by atoms with van der Waals surface area (Å²) in [6, 6.07) is 11.8. The highest BCUT2D eigenvalue weighted by Crippen LogP contribution is 2.41. The molecule has 0 unspecified atom stereocenters. The first-order chi connectivity index (χ1) is 17.8. The number of rotatable bonds is 10. The van der Waals surface area contributed by atoms with E-state index in [0.717, 1.165) is 12.1 Å². The third kappa shape index (κ3) is 7.85. The molecule has 0 N–H and O–H groups in total. The molecule has 2 fully saturated rings. The number of allylic oxidation sites excluding steroid dienone is 2. The molecule has 0 saturated heterocycles. The Bertz CT molecular complexity index is 1000. The Morgan fingerprint density at radius 3 is 2.00 bits per heavy atom. The van der Waals surface area contributed by atoms with Crippen molar-refractivity contribution < 1.29 is 22.3 Å². The van der Waals surface area contributed by atoms with Crippen LogP contribution in [0.25, 0.3) is 0 Å². The molecule has 2 aliphatic carbocycles. The third-order valence-electron chi connectivity index (χ3n) is 8.34. The summed E-state index contributed by atoms with van der Waals surface area (Å²) in [5.41, 5.74) is 2.91. The highest BCUT2D eigenvalue weighted by atomic mass is 19.3. The second-order valence-electron chi connectivity index (χ2n) is 11.0. The first-order valence-electron chi connectivity index (χ1n) is 14.1. The Morgan fingerprint density at radius 2 is 1.41 bits per heavy atom. The van der Waals surface area contributed by atoms with Crippen molar-refractivity contribution in [1.82, 2.24) is 0 Å². The highest BCUT2D eigenvalue weighted by molar-refractivity contribution is 5.26. The molecule has 0 spiro atoms. The first kappa shape index (κ1) is 27.7. The number of hydrogen-bond acceptors (Lipinski definition) is 1. The molecule has 2 aromatic carbocycles. The third-order valence-corrected chi connectivity index (χ3v) is 8.34. The van der Waals surface area contributed by atoms with Crippen LogP contribution in [0.1, 0.15) is 94.6 Å². The van der Waals surface area contributed by atoms with Gasteiger partial charge in [-0.25, -0.2) is 8.78 Å². The molecular weight excluding hydrogens is 476 g/mol. The van der Waals surface area contributed by atoms with Gasteiger partial charge in [-0.3, -0.25) is 0 Å². The lowest BCUT2D eigenvalue weighted by atomic mass is 9.77. The van der Waals surface area contributed by atoms with Gasteiger partial charge in [0.15, 0.2) is 11.6 Å². The van der Waals surface area contributed by atoms with Gasteiger partial charge >= 0.3 is 6.11 Å². The van der Waals surface area contributed by atoms with Crippen molar-refractivity contribution in [1.29, 1.82) is 0 Å². The average molecular weight is 517 g/mol. The maximum atomic E-state index is 14.6. The standard InChI is InChI=1S/C32H40F4O/c1-2-3-4-5-23-8-14-26(15-9-23)27-16-10-24(11-17-27)6-7-25-12-18-28(19-13-25)32(35,36)37-29-20-21-30(33)31(34)22-29/h6-9,14-15,20-22,24-25,27-28H,2-5,10-13,16-19H2,1H3/b7-6+. The minimum absolute atomic E-state index is 0.313. The minimum Gasteiger partial charge on any atom is -0.432 e. The fourth-order valence-corrected chi connectivity index (χ4v) is 5.92. The smallest absolute Gasteiger partial charge is 0.400 e. The van der Waals surface area contributed by atoms with Crippen LogP contribution >= 0.6 is 0 Å². The zero-order valence-electron chi connectivity index (χ0n) is 21.9. The predicted octanol–water partition coefficient (Wildman–Crippen LogP) is 10.0. The molecule has 2 aliphatic rings. The molecule has 0 atom stereocenters. The molecule has 4 rings (SSSR count). The van der Waals surface area contributed by atoms with Crippen molar-refractivity contribution in [2.75, 3.05) is 0 Å². The molecule has 2 saturated carbocycles. The topological polar surface area (TPSA) is 9.23 Å². The zero-order valence-corrected chi connectivity index (χ0v) is 21.9. The number of halogens is 4. The normalized spacial score (nSPS) is 24.9. The molecule has 202 valence electrons. The van der Waals surface area contributed by atoms with Crippen LogP contribution in [0.2, 0.25) is 0 Å². The molecule has 2 aromatic rings. The molecule has 0 amide bonds. The maximum absolute atomic E-state index is 14.6. The van der Waals surface area contributed by atoms with Crippen LogP contribution in [0.3, 0.4) is 0 Å². The molecule has 0 heterocycles. The first-order valence-corrected chi connectivity index (χ1v) is 14.1. The SMILES string of the molecule is CCCCCc1ccc(C2CCC(/C=C/C3CCC(C(F)(F)Oc4ccc(F)c(F)c4)CC3)CC2)cc1. The van der Waals surface area contributed by atoms with E-state index in [1.165, 1.54) is 62.5 Å². The van der Waals surface area contributed by atoms with Crippen LogP contribution in [0, 0.1) is 29.4 Å². The van der Waals surface area contributed by atoms with Gasteiger partial charge < -0.3 is 4.74 Å². The van der Waals surface area contributed by atoms with Gasteiger partial charge in [0.25, 0.3) is 0 Å². The number of alkyl halides is 2. The van der Waals surface area contributed by atoms with E-state index in [9.17, 15) is 17.6 Å². The molecule has 5 heteroatoms. The summed E-state index contributed by atoms with van der Waals surface area (Å²) in [6.45, 7) is 2.24. The van der Waals surface area contributed by atoms with Crippen LogP contribution in [-0.4, -0.2) is 6.11 Å². The molecule has 0 aliphatic heterocycles. The van der Waals surface area contributed by atoms with E-state index >= 15 is 0 Å². The van der Waals surface area contributed by atoms with Gasteiger partial charge in [0.2, 0.25) is 0 Å². The van der Waals surface area contributed by atoms with E-state index < -0.39 is 23.7 Å². The summed E-state index contributed by atoms with van der Waals surface area (Å²) in [7, 11) is 0. The van der Waals surface area contributed by atoms with Crippen molar-refractivity contribution in [3.05, 3.63) is 77.4 Å². The second-order valence-corrected chi connectivity index (χ2v) is 11.0. The summed E-state index contributed by atoms with van der Waals surface area (Å²) in [4.78, 5) is 0. The maximum Gasteiger partial charge on any atom is 0.400 e. The lowest BCUT2D eigenvalue weighted by Crippen LogP contribution is -2.37. The number of aryl methyl sites for hydroxylation is 1. The van der Waals surface area contributed by atoms with E-state index in [-0.39, 0.29) is 5.75 Å². The van der Waals surface area contributed by atoms with Gasteiger partial charge in [-0.05, 0) is 105 Å². The van der Waals surface area contributed by atoms with Gasteiger partial charge in [0.05, 0.1) is 5.92 Å².